The zero-order valence-corrected chi connectivity index (χ0v) is 14.3. The van der Waals surface area contributed by atoms with Crippen LogP contribution in [0.4, 0.5) is 0 Å². The molecule has 5 heteroatoms. The Labute approximate surface area is 144 Å². The summed E-state index contributed by atoms with van der Waals surface area (Å²) >= 11 is 0. The van der Waals surface area contributed by atoms with Crippen molar-refractivity contribution in [2.24, 2.45) is 11.1 Å². The van der Waals surface area contributed by atoms with Crippen molar-refractivity contribution in [2.45, 2.75) is 38.4 Å². The molecule has 2 aliphatic heterocycles. The molecule has 0 spiro atoms. The van der Waals surface area contributed by atoms with E-state index in [-0.39, 0.29) is 12.0 Å². The molecule has 0 bridgehead atoms. The van der Waals surface area contributed by atoms with E-state index in [2.05, 4.69) is 12.1 Å². The van der Waals surface area contributed by atoms with Crippen LogP contribution in [-0.2, 0) is 20.9 Å². The fraction of sp³-hybridized carbons (Fsp3) is 0.632. The van der Waals surface area contributed by atoms with Gasteiger partial charge in [-0.15, -0.1) is 0 Å². The highest BCUT2D eigenvalue weighted by atomic mass is 16.5. The Bertz CT molecular complexity index is 521. The molecule has 5 nitrogen and oxygen atoms in total. The lowest BCUT2D eigenvalue weighted by atomic mass is 9.78. The van der Waals surface area contributed by atoms with Gasteiger partial charge in [-0.25, -0.2) is 0 Å². The molecular formula is C19H28N2O3. The molecule has 0 aliphatic carbocycles. The number of nitrogens with zero attached hydrogens (tertiary/aromatic N) is 1. The Morgan fingerprint density at radius 3 is 2.50 bits per heavy atom. The van der Waals surface area contributed by atoms with Crippen molar-refractivity contribution in [3.63, 3.8) is 0 Å². The molecule has 132 valence electrons. The third-order valence-electron chi connectivity index (χ3n) is 5.35. The van der Waals surface area contributed by atoms with Gasteiger partial charge in [-0.1, -0.05) is 30.3 Å². The van der Waals surface area contributed by atoms with Crippen LogP contribution in [0.1, 0.15) is 31.2 Å². The highest BCUT2D eigenvalue weighted by Crippen LogP contribution is 2.32. The average Bonchev–Trinajstić information content (AvgIpc) is 2.67. The Morgan fingerprint density at radius 1 is 1.21 bits per heavy atom. The third-order valence-corrected chi connectivity index (χ3v) is 5.35. The lowest BCUT2D eigenvalue weighted by Gasteiger charge is -2.41. The van der Waals surface area contributed by atoms with Gasteiger partial charge in [-0.3, -0.25) is 4.79 Å². The molecule has 0 saturated carbocycles. The molecule has 2 saturated heterocycles. The zero-order chi connectivity index (χ0) is 16.8. The van der Waals surface area contributed by atoms with Crippen molar-refractivity contribution in [3.8, 4) is 0 Å². The summed E-state index contributed by atoms with van der Waals surface area (Å²) in [6.07, 6.45) is 3.52. The van der Waals surface area contributed by atoms with Crippen LogP contribution in [-0.4, -0.2) is 49.8 Å². The fourth-order valence-electron chi connectivity index (χ4n) is 3.62. The van der Waals surface area contributed by atoms with Crippen molar-refractivity contribution in [1.82, 2.24) is 4.90 Å². The minimum Gasteiger partial charge on any atom is -0.381 e. The minimum absolute atomic E-state index is 0.217. The summed E-state index contributed by atoms with van der Waals surface area (Å²) in [5, 5.41) is 0. The van der Waals surface area contributed by atoms with Crippen LogP contribution in [0.3, 0.4) is 0 Å². The van der Waals surface area contributed by atoms with E-state index in [4.69, 9.17) is 15.2 Å². The van der Waals surface area contributed by atoms with Crippen LogP contribution < -0.4 is 5.73 Å². The zero-order valence-electron chi connectivity index (χ0n) is 14.3. The van der Waals surface area contributed by atoms with E-state index in [1.54, 1.807) is 0 Å². The van der Waals surface area contributed by atoms with Crippen LogP contribution in [0.2, 0.25) is 0 Å². The highest BCUT2D eigenvalue weighted by Gasteiger charge is 2.42. The second-order valence-corrected chi connectivity index (χ2v) is 6.88. The quantitative estimate of drug-likeness (QED) is 0.895. The molecule has 2 N–H and O–H groups in total. The van der Waals surface area contributed by atoms with Crippen LogP contribution in [0.25, 0.3) is 0 Å². The lowest BCUT2D eigenvalue weighted by Crippen LogP contribution is -2.53. The molecule has 0 aromatic heterocycles. The summed E-state index contributed by atoms with van der Waals surface area (Å²) in [5.74, 6) is 0.217. The van der Waals surface area contributed by atoms with Gasteiger partial charge >= 0.3 is 0 Å². The number of carbonyl (C=O) groups is 1. The van der Waals surface area contributed by atoms with Gasteiger partial charge in [0.2, 0.25) is 5.91 Å². The van der Waals surface area contributed by atoms with Gasteiger partial charge < -0.3 is 20.1 Å². The van der Waals surface area contributed by atoms with E-state index in [0.29, 0.717) is 26.4 Å². The van der Waals surface area contributed by atoms with Gasteiger partial charge in [0.1, 0.15) is 0 Å². The molecule has 1 aromatic rings. The van der Waals surface area contributed by atoms with Crippen molar-refractivity contribution in [2.75, 3.05) is 32.8 Å². The summed E-state index contributed by atoms with van der Waals surface area (Å²) in [7, 11) is 0. The molecule has 0 unspecified atom stereocenters. The number of rotatable bonds is 5. The second kappa shape index (κ2) is 8.10. The van der Waals surface area contributed by atoms with Crippen LogP contribution in [0.5, 0.6) is 0 Å². The van der Waals surface area contributed by atoms with Crippen LogP contribution >= 0.6 is 0 Å². The molecule has 1 aromatic carbocycles. The standard InChI is InChI=1S/C19H28N2O3/c20-15-19(8-12-23-13-9-19)18(22)21-10-6-17(7-11-21)24-14-16-4-2-1-3-5-16/h1-5,17H,6-15,20H2. The van der Waals surface area contributed by atoms with Crippen LogP contribution in [0, 0.1) is 5.41 Å². The van der Waals surface area contributed by atoms with E-state index >= 15 is 0 Å². The SMILES string of the molecule is NCC1(C(=O)N2CCC(OCc3ccccc3)CC2)CCOCC1. The van der Waals surface area contributed by atoms with Crippen LogP contribution in [0.15, 0.2) is 30.3 Å². The van der Waals surface area contributed by atoms with E-state index in [9.17, 15) is 4.79 Å². The monoisotopic (exact) mass is 332 g/mol. The van der Waals surface area contributed by atoms with Gasteiger partial charge in [-0.2, -0.15) is 0 Å². The summed E-state index contributed by atoms with van der Waals surface area (Å²) in [6.45, 7) is 3.87. The maximum Gasteiger partial charge on any atom is 0.230 e. The molecule has 2 aliphatic rings. The van der Waals surface area contributed by atoms with E-state index < -0.39 is 5.41 Å². The number of ether oxygens (including phenoxy) is 2. The Kier molecular flexibility index (Phi) is 5.87. The van der Waals surface area contributed by atoms with Crippen molar-refractivity contribution < 1.29 is 14.3 Å². The smallest absolute Gasteiger partial charge is 0.230 e. The first kappa shape index (κ1) is 17.4. The maximum atomic E-state index is 12.9. The number of piperidine rings is 1. The Morgan fingerprint density at radius 2 is 1.88 bits per heavy atom. The van der Waals surface area contributed by atoms with Gasteiger partial charge in [0.05, 0.1) is 18.1 Å². The topological polar surface area (TPSA) is 64.8 Å². The number of amides is 1. The summed E-state index contributed by atoms with van der Waals surface area (Å²) < 4.78 is 11.4. The first-order valence-corrected chi connectivity index (χ1v) is 8.96. The van der Waals surface area contributed by atoms with E-state index in [1.807, 2.05) is 23.1 Å². The Hall–Kier alpha value is -1.43. The van der Waals surface area contributed by atoms with Gasteiger partial charge in [-0.05, 0) is 31.2 Å². The predicted octanol–water partition coefficient (Wildman–Crippen LogP) is 1.95. The second-order valence-electron chi connectivity index (χ2n) is 6.88. The first-order valence-electron chi connectivity index (χ1n) is 8.96. The molecule has 2 fully saturated rings. The maximum absolute atomic E-state index is 12.9. The number of hydrogen-bond acceptors (Lipinski definition) is 4. The highest BCUT2D eigenvalue weighted by molar-refractivity contribution is 5.83. The molecule has 0 atom stereocenters. The average molecular weight is 332 g/mol. The van der Waals surface area contributed by atoms with Crippen molar-refractivity contribution in [1.29, 1.82) is 0 Å². The minimum atomic E-state index is -0.407. The number of nitrogens with two attached hydrogens (primary N) is 1. The molecule has 0 radical (unpaired) electrons. The van der Waals surface area contributed by atoms with Gasteiger partial charge in [0.15, 0.2) is 0 Å². The number of likely N-dealkylation sites (tertiary alicyclic amines) is 1. The molecule has 3 rings (SSSR count). The molecular weight excluding hydrogens is 304 g/mol. The van der Waals surface area contributed by atoms with E-state index in [1.165, 1.54) is 5.56 Å². The summed E-state index contributed by atoms with van der Waals surface area (Å²) in [5.41, 5.74) is 6.75. The normalized spacial score (nSPS) is 21.6. The third kappa shape index (κ3) is 3.97. The number of hydrogen-bond donors (Lipinski definition) is 1. The first-order chi connectivity index (χ1) is 11.7. The summed E-state index contributed by atoms with van der Waals surface area (Å²) in [4.78, 5) is 14.9. The van der Waals surface area contributed by atoms with Gasteiger partial charge in [0.25, 0.3) is 0 Å². The molecule has 2 heterocycles. The van der Waals surface area contributed by atoms with Crippen molar-refractivity contribution >= 4 is 5.91 Å². The van der Waals surface area contributed by atoms with Gasteiger partial charge in [0, 0.05) is 32.8 Å². The number of benzene rings is 1. The summed E-state index contributed by atoms with van der Waals surface area (Å²) in [6, 6.07) is 10.2. The molecule has 1 amide bonds. The van der Waals surface area contributed by atoms with Crippen molar-refractivity contribution in [3.05, 3.63) is 35.9 Å². The number of carbonyl (C=O) groups excluding carboxylic acids is 1. The Balaban J connectivity index is 1.48. The predicted molar refractivity (Wildman–Crippen MR) is 92.4 cm³/mol. The lowest BCUT2D eigenvalue weighted by molar-refractivity contribution is -0.150. The fourth-order valence-corrected chi connectivity index (χ4v) is 3.62. The largest absolute Gasteiger partial charge is 0.381 e. The molecule has 24 heavy (non-hydrogen) atoms. The van der Waals surface area contributed by atoms with E-state index in [0.717, 1.165) is 38.8 Å².